The van der Waals surface area contributed by atoms with Crippen molar-refractivity contribution in [3.8, 4) is 0 Å². The molecule has 5 nitrogen and oxygen atoms in total. The number of rotatable bonds is 6. The number of halogens is 1. The monoisotopic (exact) mass is 276 g/mol. The van der Waals surface area contributed by atoms with Gasteiger partial charge in [-0.1, -0.05) is 23.4 Å². The number of aliphatic hydroxyl groups is 1. The maximum Gasteiger partial charge on any atom is 0.123 e. The summed E-state index contributed by atoms with van der Waals surface area (Å²) >= 11 is 0. The van der Waals surface area contributed by atoms with Gasteiger partial charge in [0.25, 0.3) is 0 Å². The first kappa shape index (κ1) is 14.4. The molecule has 1 aromatic heterocycles. The second-order valence-electron chi connectivity index (χ2n) is 4.31. The Balaban J connectivity index is 2.22. The Morgan fingerprint density at radius 2 is 2.00 bits per heavy atom. The molecule has 0 saturated carbocycles. The molecule has 1 aromatic carbocycles. The first-order chi connectivity index (χ1) is 9.74. The third-order valence-corrected chi connectivity index (χ3v) is 2.87. The van der Waals surface area contributed by atoms with Gasteiger partial charge in [0, 0.05) is 19.7 Å². The van der Waals surface area contributed by atoms with Crippen LogP contribution in [0.1, 0.15) is 23.4 Å². The predicted octanol–water partition coefficient (Wildman–Crippen LogP) is 1.43. The van der Waals surface area contributed by atoms with E-state index in [0.29, 0.717) is 25.2 Å². The zero-order valence-electron chi connectivity index (χ0n) is 11.0. The van der Waals surface area contributed by atoms with Gasteiger partial charge in [0.1, 0.15) is 11.5 Å². The first-order valence-electron chi connectivity index (χ1n) is 6.41. The number of aryl methyl sites for hydroxylation is 1. The predicted molar refractivity (Wildman–Crippen MR) is 74.9 cm³/mol. The van der Waals surface area contributed by atoms with E-state index in [2.05, 4.69) is 10.3 Å². The molecule has 6 heteroatoms. The summed E-state index contributed by atoms with van der Waals surface area (Å²) in [4.78, 5) is 0. The molecule has 0 aliphatic rings. The molecule has 2 aromatic rings. The minimum atomic E-state index is -0.264. The number of nitrogens with two attached hydrogens (primary N) is 1. The van der Waals surface area contributed by atoms with Crippen LogP contribution in [-0.4, -0.2) is 26.7 Å². The molecule has 0 aliphatic heterocycles. The molecule has 20 heavy (non-hydrogen) atoms. The second-order valence-corrected chi connectivity index (χ2v) is 4.31. The molecule has 2 rings (SSSR count). The molecular formula is C14H17FN4O. The fraction of sp³-hybridized carbons (Fsp3) is 0.286. The SMILES string of the molecule is NCc1nnn(CCCO)c1/C=C/c1ccc(F)cc1. The number of aromatic nitrogens is 3. The van der Waals surface area contributed by atoms with Gasteiger partial charge >= 0.3 is 0 Å². The molecule has 0 fully saturated rings. The summed E-state index contributed by atoms with van der Waals surface area (Å²) in [6.07, 6.45) is 4.31. The van der Waals surface area contributed by atoms with Crippen LogP contribution >= 0.6 is 0 Å². The van der Waals surface area contributed by atoms with E-state index in [1.807, 2.05) is 12.2 Å². The summed E-state index contributed by atoms with van der Waals surface area (Å²) in [5, 5.41) is 16.9. The highest BCUT2D eigenvalue weighted by molar-refractivity contribution is 5.68. The van der Waals surface area contributed by atoms with Gasteiger partial charge in [-0.05, 0) is 30.2 Å². The van der Waals surface area contributed by atoms with Crippen molar-refractivity contribution in [1.82, 2.24) is 15.0 Å². The van der Waals surface area contributed by atoms with Crippen molar-refractivity contribution in [2.45, 2.75) is 19.5 Å². The number of hydrogen-bond acceptors (Lipinski definition) is 4. The Morgan fingerprint density at radius 1 is 1.25 bits per heavy atom. The van der Waals surface area contributed by atoms with Crippen molar-refractivity contribution in [3.63, 3.8) is 0 Å². The number of hydrogen-bond donors (Lipinski definition) is 2. The molecule has 0 unspecified atom stereocenters. The molecular weight excluding hydrogens is 259 g/mol. The van der Waals surface area contributed by atoms with Gasteiger partial charge in [-0.25, -0.2) is 9.07 Å². The zero-order valence-corrected chi connectivity index (χ0v) is 11.0. The summed E-state index contributed by atoms with van der Waals surface area (Å²) in [6, 6.07) is 6.20. The van der Waals surface area contributed by atoms with Gasteiger partial charge in [0.05, 0.1) is 5.69 Å². The Morgan fingerprint density at radius 3 is 2.65 bits per heavy atom. The van der Waals surface area contributed by atoms with Crippen LogP contribution in [0.15, 0.2) is 24.3 Å². The number of aliphatic hydroxyl groups excluding tert-OH is 1. The van der Waals surface area contributed by atoms with Crippen molar-refractivity contribution in [3.05, 3.63) is 47.0 Å². The fourth-order valence-electron chi connectivity index (χ4n) is 1.82. The Hall–Kier alpha value is -2.05. The number of benzene rings is 1. The molecule has 3 N–H and O–H groups in total. The lowest BCUT2D eigenvalue weighted by Crippen LogP contribution is -2.05. The third kappa shape index (κ3) is 3.49. The lowest BCUT2D eigenvalue weighted by molar-refractivity contribution is 0.276. The van der Waals surface area contributed by atoms with Crippen LogP contribution in [0.3, 0.4) is 0 Å². The smallest absolute Gasteiger partial charge is 0.123 e. The average molecular weight is 276 g/mol. The molecule has 0 amide bonds. The highest BCUT2D eigenvalue weighted by atomic mass is 19.1. The van der Waals surface area contributed by atoms with Gasteiger partial charge in [0.2, 0.25) is 0 Å². The van der Waals surface area contributed by atoms with Crippen LogP contribution in [-0.2, 0) is 13.1 Å². The van der Waals surface area contributed by atoms with Crippen LogP contribution in [0.4, 0.5) is 4.39 Å². The fourth-order valence-corrected chi connectivity index (χ4v) is 1.82. The van der Waals surface area contributed by atoms with Crippen LogP contribution < -0.4 is 5.73 Å². The van der Waals surface area contributed by atoms with Gasteiger partial charge in [0.15, 0.2) is 0 Å². The molecule has 0 atom stereocenters. The van der Waals surface area contributed by atoms with Gasteiger partial charge in [-0.15, -0.1) is 5.10 Å². The zero-order chi connectivity index (χ0) is 14.4. The summed E-state index contributed by atoms with van der Waals surface area (Å²) in [5.74, 6) is -0.264. The standard InChI is InChI=1S/C14H17FN4O/c15-12-5-2-11(3-6-12)4-7-14-13(10-16)17-18-19(14)8-1-9-20/h2-7,20H,1,8-10,16H2/b7-4+. The minimum Gasteiger partial charge on any atom is -0.396 e. The molecule has 0 spiro atoms. The lowest BCUT2D eigenvalue weighted by atomic mass is 10.2. The Labute approximate surface area is 116 Å². The van der Waals surface area contributed by atoms with Crippen LogP contribution in [0.2, 0.25) is 0 Å². The topological polar surface area (TPSA) is 77.0 Å². The molecule has 106 valence electrons. The maximum absolute atomic E-state index is 12.8. The van der Waals surface area contributed by atoms with Gasteiger partial charge < -0.3 is 10.8 Å². The first-order valence-corrected chi connectivity index (χ1v) is 6.41. The van der Waals surface area contributed by atoms with E-state index in [0.717, 1.165) is 11.3 Å². The lowest BCUT2D eigenvalue weighted by Gasteiger charge is -2.02. The summed E-state index contributed by atoms with van der Waals surface area (Å²) in [6.45, 7) is 0.966. The Bertz CT molecular complexity index is 577. The van der Waals surface area contributed by atoms with E-state index < -0.39 is 0 Å². The van der Waals surface area contributed by atoms with Gasteiger partial charge in [-0.3, -0.25) is 0 Å². The normalized spacial score (nSPS) is 11.3. The van der Waals surface area contributed by atoms with Crippen LogP contribution in [0.5, 0.6) is 0 Å². The maximum atomic E-state index is 12.8. The third-order valence-electron chi connectivity index (χ3n) is 2.87. The minimum absolute atomic E-state index is 0.0962. The number of nitrogens with zero attached hydrogens (tertiary/aromatic N) is 3. The van der Waals surface area contributed by atoms with Crippen LogP contribution in [0, 0.1) is 5.82 Å². The van der Waals surface area contributed by atoms with E-state index in [1.165, 1.54) is 12.1 Å². The van der Waals surface area contributed by atoms with E-state index in [-0.39, 0.29) is 12.4 Å². The average Bonchev–Trinajstić information content (AvgIpc) is 2.86. The van der Waals surface area contributed by atoms with Gasteiger partial charge in [-0.2, -0.15) is 0 Å². The van der Waals surface area contributed by atoms with E-state index in [4.69, 9.17) is 10.8 Å². The quantitative estimate of drug-likeness (QED) is 0.836. The second kappa shape index (κ2) is 6.93. The van der Waals surface area contributed by atoms with Crippen LogP contribution in [0.25, 0.3) is 12.2 Å². The highest BCUT2D eigenvalue weighted by Crippen LogP contribution is 2.12. The molecule has 0 saturated heterocycles. The van der Waals surface area contributed by atoms with E-state index in [1.54, 1.807) is 16.8 Å². The van der Waals surface area contributed by atoms with Crippen molar-refractivity contribution >= 4 is 12.2 Å². The van der Waals surface area contributed by atoms with E-state index >= 15 is 0 Å². The van der Waals surface area contributed by atoms with Crippen molar-refractivity contribution in [1.29, 1.82) is 0 Å². The molecule has 0 bridgehead atoms. The van der Waals surface area contributed by atoms with E-state index in [9.17, 15) is 4.39 Å². The summed E-state index contributed by atoms with van der Waals surface area (Å²) < 4.78 is 14.5. The Kier molecular flexibility index (Phi) is 4.97. The summed E-state index contributed by atoms with van der Waals surface area (Å²) in [7, 11) is 0. The molecule has 0 radical (unpaired) electrons. The largest absolute Gasteiger partial charge is 0.396 e. The summed E-state index contributed by atoms with van der Waals surface area (Å²) in [5.41, 5.74) is 8.02. The highest BCUT2D eigenvalue weighted by Gasteiger charge is 2.08. The van der Waals surface area contributed by atoms with Crippen molar-refractivity contribution < 1.29 is 9.50 Å². The molecule has 1 heterocycles. The van der Waals surface area contributed by atoms with Crippen molar-refractivity contribution in [2.24, 2.45) is 5.73 Å². The van der Waals surface area contributed by atoms with Crippen molar-refractivity contribution in [2.75, 3.05) is 6.61 Å². The molecule has 0 aliphatic carbocycles.